The number of ether oxygens (including phenoxy) is 3. The lowest BCUT2D eigenvalue weighted by molar-refractivity contribution is -0.123. The van der Waals surface area contributed by atoms with Gasteiger partial charge in [-0.15, -0.1) is 0 Å². The summed E-state index contributed by atoms with van der Waals surface area (Å²) in [6.45, 7) is 4.13. The maximum atomic E-state index is 12.9. The molecule has 1 saturated heterocycles. The van der Waals surface area contributed by atoms with Crippen molar-refractivity contribution >= 4 is 51.4 Å². The second-order valence-electron chi connectivity index (χ2n) is 7.86. The summed E-state index contributed by atoms with van der Waals surface area (Å²) in [6.07, 6.45) is 1.55. The number of rotatable bonds is 8. The van der Waals surface area contributed by atoms with Crippen LogP contribution >= 0.6 is 23.4 Å². The van der Waals surface area contributed by atoms with Gasteiger partial charge in [-0.25, -0.2) is 0 Å². The van der Waals surface area contributed by atoms with Crippen LogP contribution in [-0.2, 0) is 4.79 Å². The average Bonchev–Trinajstić information content (AvgIpc) is 3.07. The van der Waals surface area contributed by atoms with Gasteiger partial charge in [0.15, 0.2) is 11.5 Å². The Balaban J connectivity index is 1.47. The first-order valence-corrected chi connectivity index (χ1v) is 12.0. The number of carbonyl (C=O) groups excluding carboxylic acids is 2. The Morgan fingerprint density at radius 3 is 2.59 bits per heavy atom. The summed E-state index contributed by atoms with van der Waals surface area (Å²) < 4.78 is 17.0. The Labute approximate surface area is 207 Å². The zero-order chi connectivity index (χ0) is 24.2. The third-order valence-corrected chi connectivity index (χ3v) is 6.29. The number of halogens is 1. The minimum atomic E-state index is -0.367. The van der Waals surface area contributed by atoms with Gasteiger partial charge in [0.05, 0.1) is 29.7 Å². The lowest BCUT2D eigenvalue weighted by atomic mass is 10.1. The van der Waals surface area contributed by atoms with E-state index in [0.29, 0.717) is 32.7 Å². The third kappa shape index (κ3) is 5.16. The van der Waals surface area contributed by atoms with Gasteiger partial charge in [-0.2, -0.15) is 0 Å². The highest BCUT2D eigenvalue weighted by molar-refractivity contribution is 8.18. The van der Waals surface area contributed by atoms with Gasteiger partial charge >= 0.3 is 0 Å². The molecule has 1 aliphatic heterocycles. The molecular formula is C26H24ClNO5S. The van der Waals surface area contributed by atoms with Gasteiger partial charge in [-0.1, -0.05) is 48.0 Å². The SMILES string of the molecule is COc1cc(/C=C2\SC(=O)N(CCOc3cccc4ccccc34)C2=O)cc(Cl)c1OC(C)C. The van der Waals surface area contributed by atoms with Crippen LogP contribution in [0, 0.1) is 0 Å². The fraction of sp³-hybridized carbons (Fsp3) is 0.231. The van der Waals surface area contributed by atoms with E-state index >= 15 is 0 Å². The van der Waals surface area contributed by atoms with Crippen molar-refractivity contribution in [3.8, 4) is 17.2 Å². The zero-order valence-electron chi connectivity index (χ0n) is 19.0. The highest BCUT2D eigenvalue weighted by Crippen LogP contribution is 2.39. The number of nitrogens with zero attached hydrogens (tertiary/aromatic N) is 1. The van der Waals surface area contributed by atoms with Crippen LogP contribution in [0.5, 0.6) is 17.2 Å². The van der Waals surface area contributed by atoms with E-state index < -0.39 is 0 Å². The number of amides is 2. The molecule has 3 aromatic carbocycles. The summed E-state index contributed by atoms with van der Waals surface area (Å²) >= 11 is 7.27. The van der Waals surface area contributed by atoms with Crippen molar-refractivity contribution in [2.45, 2.75) is 20.0 Å². The minimum Gasteiger partial charge on any atom is -0.493 e. The largest absolute Gasteiger partial charge is 0.493 e. The van der Waals surface area contributed by atoms with Gasteiger partial charge in [0.25, 0.3) is 11.1 Å². The standard InChI is InChI=1S/C26H24ClNO5S/c1-16(2)33-24-20(27)13-17(14-22(24)31-3)15-23-25(29)28(26(30)34-23)11-12-32-21-10-6-8-18-7-4-5-9-19(18)21/h4-10,13-16H,11-12H2,1-3H3/b23-15-. The molecular weight excluding hydrogens is 474 g/mol. The van der Waals surface area contributed by atoms with Crippen molar-refractivity contribution in [3.05, 3.63) is 70.1 Å². The van der Waals surface area contributed by atoms with Gasteiger partial charge in [0.2, 0.25) is 0 Å². The molecule has 1 heterocycles. The summed E-state index contributed by atoms with van der Waals surface area (Å²) in [5.41, 5.74) is 0.635. The fourth-order valence-electron chi connectivity index (χ4n) is 3.59. The molecule has 0 aliphatic carbocycles. The highest BCUT2D eigenvalue weighted by Gasteiger charge is 2.35. The molecule has 1 fully saturated rings. The Bertz CT molecular complexity index is 1270. The molecule has 0 N–H and O–H groups in total. The number of carbonyl (C=O) groups is 2. The second-order valence-corrected chi connectivity index (χ2v) is 9.26. The lowest BCUT2D eigenvalue weighted by Crippen LogP contribution is -2.32. The van der Waals surface area contributed by atoms with Gasteiger partial charge in [-0.3, -0.25) is 14.5 Å². The maximum absolute atomic E-state index is 12.9. The quantitative estimate of drug-likeness (QED) is 0.335. The molecule has 1 aliphatic rings. The summed E-state index contributed by atoms with van der Waals surface area (Å²) in [4.78, 5) is 26.9. The summed E-state index contributed by atoms with van der Waals surface area (Å²) in [5, 5.41) is 2.07. The summed E-state index contributed by atoms with van der Waals surface area (Å²) in [5.74, 6) is 1.24. The molecule has 6 nitrogen and oxygen atoms in total. The van der Waals surface area contributed by atoms with Crippen molar-refractivity contribution in [3.63, 3.8) is 0 Å². The molecule has 0 saturated carbocycles. The molecule has 34 heavy (non-hydrogen) atoms. The Hall–Kier alpha value is -3.16. The van der Waals surface area contributed by atoms with Crippen LogP contribution in [0.2, 0.25) is 5.02 Å². The number of thioether (sulfide) groups is 1. The molecule has 4 rings (SSSR count). The number of fused-ring (bicyclic) bond motifs is 1. The fourth-order valence-corrected chi connectivity index (χ4v) is 4.71. The summed E-state index contributed by atoms with van der Waals surface area (Å²) in [7, 11) is 1.52. The number of hydrogen-bond donors (Lipinski definition) is 0. The molecule has 0 unspecified atom stereocenters. The van der Waals surface area contributed by atoms with Gasteiger partial charge in [0, 0.05) is 5.39 Å². The van der Waals surface area contributed by atoms with Crippen molar-refractivity contribution in [1.82, 2.24) is 4.90 Å². The molecule has 8 heteroatoms. The molecule has 2 amide bonds. The third-order valence-electron chi connectivity index (χ3n) is 5.10. The smallest absolute Gasteiger partial charge is 0.293 e. The van der Waals surface area contributed by atoms with E-state index in [-0.39, 0.29) is 30.4 Å². The highest BCUT2D eigenvalue weighted by atomic mass is 35.5. The number of methoxy groups -OCH3 is 1. The van der Waals surface area contributed by atoms with Gasteiger partial charge in [0.1, 0.15) is 12.4 Å². The first kappa shape index (κ1) is 24.0. The normalized spacial score (nSPS) is 15.0. The van der Waals surface area contributed by atoms with Crippen LogP contribution in [0.1, 0.15) is 19.4 Å². The van der Waals surface area contributed by atoms with Crippen molar-refractivity contribution in [2.24, 2.45) is 0 Å². The van der Waals surface area contributed by atoms with Crippen LogP contribution in [0.4, 0.5) is 4.79 Å². The average molecular weight is 498 g/mol. The maximum Gasteiger partial charge on any atom is 0.293 e. The molecule has 3 aromatic rings. The Morgan fingerprint density at radius 2 is 1.82 bits per heavy atom. The first-order valence-electron chi connectivity index (χ1n) is 10.8. The van der Waals surface area contributed by atoms with Gasteiger partial charge < -0.3 is 14.2 Å². The molecule has 0 aromatic heterocycles. The molecule has 0 spiro atoms. The predicted octanol–water partition coefficient (Wildman–Crippen LogP) is 6.40. The van der Waals surface area contributed by atoms with E-state index in [1.54, 1.807) is 18.2 Å². The Kier molecular flexibility index (Phi) is 7.34. The van der Waals surface area contributed by atoms with E-state index in [0.717, 1.165) is 22.5 Å². The van der Waals surface area contributed by atoms with Crippen molar-refractivity contribution in [2.75, 3.05) is 20.3 Å². The van der Waals surface area contributed by atoms with E-state index in [4.69, 9.17) is 25.8 Å². The number of benzene rings is 3. The van der Waals surface area contributed by atoms with Crippen LogP contribution in [0.15, 0.2) is 59.5 Å². The van der Waals surface area contributed by atoms with E-state index in [1.165, 1.54) is 12.0 Å². The topological polar surface area (TPSA) is 65.1 Å². The first-order chi connectivity index (χ1) is 16.4. The van der Waals surface area contributed by atoms with Crippen LogP contribution in [0.3, 0.4) is 0 Å². The molecule has 0 bridgehead atoms. The predicted molar refractivity (Wildman–Crippen MR) is 136 cm³/mol. The minimum absolute atomic E-state index is 0.0788. The molecule has 176 valence electrons. The summed E-state index contributed by atoms with van der Waals surface area (Å²) in [6, 6.07) is 17.1. The number of hydrogen-bond acceptors (Lipinski definition) is 6. The van der Waals surface area contributed by atoms with Gasteiger partial charge in [-0.05, 0) is 60.8 Å². The lowest BCUT2D eigenvalue weighted by Gasteiger charge is -2.16. The van der Waals surface area contributed by atoms with Crippen molar-refractivity contribution in [1.29, 1.82) is 0 Å². The Morgan fingerprint density at radius 1 is 1.06 bits per heavy atom. The second kappa shape index (κ2) is 10.4. The zero-order valence-corrected chi connectivity index (χ0v) is 20.6. The van der Waals surface area contributed by atoms with E-state index in [1.807, 2.05) is 56.3 Å². The van der Waals surface area contributed by atoms with Crippen LogP contribution in [0.25, 0.3) is 16.8 Å². The molecule has 0 atom stereocenters. The van der Waals surface area contributed by atoms with E-state index in [2.05, 4.69) is 0 Å². The monoisotopic (exact) mass is 497 g/mol. The van der Waals surface area contributed by atoms with Crippen LogP contribution in [-0.4, -0.2) is 42.4 Å². The number of imide groups is 1. The molecule has 0 radical (unpaired) electrons. The van der Waals surface area contributed by atoms with E-state index in [9.17, 15) is 9.59 Å². The van der Waals surface area contributed by atoms with Crippen LogP contribution < -0.4 is 14.2 Å². The van der Waals surface area contributed by atoms with Crippen molar-refractivity contribution < 1.29 is 23.8 Å².